The smallest absolute Gasteiger partial charge is 0.238 e. The number of hydrogen-bond acceptors (Lipinski definition) is 3. The standard InChI is InChI=1S/C19H11N3O2/c1-22-9-7-13(23)15-18(22)16-14-11(6-8-20-16)10-4-2-3-5-12(10)21-17(14)19(15)24/h2-9H,1H3/p+1. The van der Waals surface area contributed by atoms with Crippen molar-refractivity contribution in [2.24, 2.45) is 7.05 Å². The van der Waals surface area contributed by atoms with Gasteiger partial charge in [0, 0.05) is 36.1 Å². The average Bonchev–Trinajstić information content (AvgIpc) is 2.61. The number of carbonyl (C=O) groups excluding carboxylic acids is 1. The molecule has 3 aromatic heterocycles. The molecule has 3 heterocycles. The van der Waals surface area contributed by atoms with Crippen LogP contribution in [0.2, 0.25) is 0 Å². The number of H-pyrrole nitrogens is 1. The molecule has 1 aliphatic carbocycles. The number of para-hydroxylation sites is 1. The van der Waals surface area contributed by atoms with Gasteiger partial charge in [-0.25, -0.2) is 9.97 Å². The Hall–Kier alpha value is -3.34. The molecule has 1 N–H and O–H groups in total. The summed E-state index contributed by atoms with van der Waals surface area (Å²) in [6, 6.07) is 11.1. The Morgan fingerprint density at radius 3 is 2.75 bits per heavy atom. The lowest BCUT2D eigenvalue weighted by Gasteiger charge is -2.17. The van der Waals surface area contributed by atoms with Crippen LogP contribution in [-0.2, 0) is 7.05 Å². The fourth-order valence-electron chi connectivity index (χ4n) is 3.56. The van der Waals surface area contributed by atoms with Gasteiger partial charge in [0.25, 0.3) is 0 Å². The first kappa shape index (κ1) is 13.1. The Morgan fingerprint density at radius 2 is 1.88 bits per heavy atom. The second-order valence-electron chi connectivity index (χ2n) is 5.96. The zero-order valence-corrected chi connectivity index (χ0v) is 12.8. The van der Waals surface area contributed by atoms with Crippen molar-refractivity contribution in [1.29, 1.82) is 0 Å². The van der Waals surface area contributed by atoms with E-state index in [1.807, 2.05) is 43.6 Å². The van der Waals surface area contributed by atoms with E-state index in [0.29, 0.717) is 11.4 Å². The third-order valence-corrected chi connectivity index (χ3v) is 4.62. The van der Waals surface area contributed by atoms with E-state index in [-0.39, 0.29) is 16.8 Å². The van der Waals surface area contributed by atoms with Crippen LogP contribution in [0.4, 0.5) is 0 Å². The fraction of sp³-hybridized carbons (Fsp3) is 0.0526. The first-order chi connectivity index (χ1) is 11.7. The molecule has 0 saturated heterocycles. The van der Waals surface area contributed by atoms with E-state index < -0.39 is 0 Å². The quantitative estimate of drug-likeness (QED) is 0.411. The molecule has 5 rings (SSSR count). The van der Waals surface area contributed by atoms with Crippen molar-refractivity contribution in [3.05, 3.63) is 70.3 Å². The van der Waals surface area contributed by atoms with Gasteiger partial charge in [0.1, 0.15) is 17.0 Å². The van der Waals surface area contributed by atoms with Gasteiger partial charge in [-0.15, -0.1) is 0 Å². The number of aryl methyl sites for hydroxylation is 1. The summed E-state index contributed by atoms with van der Waals surface area (Å²) in [4.78, 5) is 33.1. The van der Waals surface area contributed by atoms with Crippen molar-refractivity contribution in [1.82, 2.24) is 9.55 Å². The number of benzene rings is 1. The molecule has 0 radical (unpaired) electrons. The predicted molar refractivity (Wildman–Crippen MR) is 89.9 cm³/mol. The molecule has 24 heavy (non-hydrogen) atoms. The van der Waals surface area contributed by atoms with Crippen LogP contribution in [0.25, 0.3) is 33.1 Å². The minimum Gasteiger partial charge on any atom is -0.345 e. The first-order valence-corrected chi connectivity index (χ1v) is 7.64. The Bertz CT molecular complexity index is 1250. The van der Waals surface area contributed by atoms with Gasteiger partial charge in [-0.05, 0) is 6.07 Å². The summed E-state index contributed by atoms with van der Waals surface area (Å²) in [6.45, 7) is 0. The zero-order valence-electron chi connectivity index (χ0n) is 12.8. The van der Waals surface area contributed by atoms with E-state index in [2.05, 4.69) is 9.97 Å². The number of ketones is 1. The minimum absolute atomic E-state index is 0.180. The largest absolute Gasteiger partial charge is 0.345 e. The maximum absolute atomic E-state index is 13.0. The molecule has 0 fully saturated rings. The number of nitrogens with one attached hydrogen (secondary N) is 1. The number of fused-ring (bicyclic) bond motifs is 4. The van der Waals surface area contributed by atoms with E-state index in [4.69, 9.17) is 0 Å². The molecular weight excluding hydrogens is 302 g/mol. The Morgan fingerprint density at radius 1 is 1.04 bits per heavy atom. The Balaban J connectivity index is 2.11. The number of hydrogen-bond donors (Lipinski definition) is 0. The van der Waals surface area contributed by atoms with Gasteiger partial charge in [-0.2, -0.15) is 0 Å². The van der Waals surface area contributed by atoms with E-state index in [0.717, 1.165) is 27.4 Å². The Kier molecular flexibility index (Phi) is 2.38. The number of aromatic amines is 1. The molecule has 5 nitrogen and oxygen atoms in total. The third-order valence-electron chi connectivity index (χ3n) is 4.62. The lowest BCUT2D eigenvalue weighted by atomic mass is 9.90. The lowest BCUT2D eigenvalue weighted by molar-refractivity contribution is -0.363. The highest BCUT2D eigenvalue weighted by atomic mass is 16.1. The van der Waals surface area contributed by atoms with Gasteiger partial charge in [0.05, 0.1) is 10.9 Å². The summed E-state index contributed by atoms with van der Waals surface area (Å²) < 4.78 is 1.80. The normalized spacial score (nSPS) is 12.6. The second-order valence-corrected chi connectivity index (χ2v) is 5.96. The number of aromatic nitrogens is 3. The van der Waals surface area contributed by atoms with Crippen molar-refractivity contribution in [3.63, 3.8) is 0 Å². The van der Waals surface area contributed by atoms with Gasteiger partial charge in [-0.1, -0.05) is 18.2 Å². The van der Waals surface area contributed by atoms with Crippen molar-refractivity contribution >= 4 is 27.5 Å². The molecular formula is C19H12N3O2+. The van der Waals surface area contributed by atoms with Gasteiger partial charge in [0.15, 0.2) is 11.6 Å². The Labute approximate surface area is 136 Å². The molecule has 0 saturated carbocycles. The highest BCUT2D eigenvalue weighted by Crippen LogP contribution is 2.36. The van der Waals surface area contributed by atoms with Crippen LogP contribution in [0.5, 0.6) is 0 Å². The second kappa shape index (κ2) is 4.35. The molecule has 0 amide bonds. The summed E-state index contributed by atoms with van der Waals surface area (Å²) in [7, 11) is 1.83. The van der Waals surface area contributed by atoms with Crippen LogP contribution in [0.1, 0.15) is 16.1 Å². The average molecular weight is 314 g/mol. The van der Waals surface area contributed by atoms with Crippen molar-refractivity contribution in [2.75, 3.05) is 0 Å². The van der Waals surface area contributed by atoms with Crippen molar-refractivity contribution < 1.29 is 9.78 Å². The van der Waals surface area contributed by atoms with Crippen LogP contribution in [-0.4, -0.2) is 15.3 Å². The number of pyridine rings is 3. The van der Waals surface area contributed by atoms with Gasteiger partial charge >= 0.3 is 0 Å². The first-order valence-electron chi connectivity index (χ1n) is 7.64. The van der Waals surface area contributed by atoms with Gasteiger partial charge < -0.3 is 4.57 Å². The summed E-state index contributed by atoms with van der Waals surface area (Å²) in [6.07, 6.45) is 3.52. The van der Waals surface area contributed by atoms with E-state index >= 15 is 0 Å². The van der Waals surface area contributed by atoms with Crippen LogP contribution < -0.4 is 10.4 Å². The van der Waals surface area contributed by atoms with Crippen LogP contribution in [0.15, 0.2) is 53.6 Å². The number of rotatable bonds is 0. The maximum Gasteiger partial charge on any atom is 0.238 e. The monoisotopic (exact) mass is 314 g/mol. The number of nitrogens with zero attached hydrogens (tertiary/aromatic N) is 2. The molecule has 0 aliphatic heterocycles. The highest BCUT2D eigenvalue weighted by molar-refractivity contribution is 6.26. The molecule has 0 spiro atoms. The third kappa shape index (κ3) is 1.48. The zero-order chi connectivity index (χ0) is 16.4. The molecule has 114 valence electrons. The molecule has 0 bridgehead atoms. The van der Waals surface area contributed by atoms with Gasteiger partial charge in [-0.3, -0.25) is 9.59 Å². The van der Waals surface area contributed by atoms with Crippen molar-refractivity contribution in [2.45, 2.75) is 0 Å². The topological polar surface area (TPSA) is 66.1 Å². The summed E-state index contributed by atoms with van der Waals surface area (Å²) in [5.41, 5.74) is 2.37. The maximum atomic E-state index is 13.0. The van der Waals surface area contributed by atoms with E-state index in [9.17, 15) is 9.59 Å². The molecule has 1 aliphatic rings. The molecule has 5 heteroatoms. The van der Waals surface area contributed by atoms with Crippen LogP contribution in [0, 0.1) is 0 Å². The van der Waals surface area contributed by atoms with Crippen LogP contribution in [0.3, 0.4) is 0 Å². The molecule has 1 aromatic carbocycles. The van der Waals surface area contributed by atoms with Gasteiger partial charge in [0.2, 0.25) is 11.5 Å². The highest BCUT2D eigenvalue weighted by Gasteiger charge is 2.34. The minimum atomic E-state index is -0.311. The molecule has 0 unspecified atom stereocenters. The van der Waals surface area contributed by atoms with Crippen molar-refractivity contribution in [3.8, 4) is 11.4 Å². The molecule has 4 aromatic rings. The summed E-state index contributed by atoms with van der Waals surface area (Å²) in [5.74, 6) is -0.311. The fourth-order valence-corrected chi connectivity index (χ4v) is 3.56. The number of carbonyl (C=O) groups is 1. The van der Waals surface area contributed by atoms with E-state index in [1.165, 1.54) is 6.07 Å². The summed E-state index contributed by atoms with van der Waals surface area (Å²) in [5, 5.41) is 2.72. The molecule has 0 atom stereocenters. The summed E-state index contributed by atoms with van der Waals surface area (Å²) >= 11 is 0. The SMILES string of the molecule is Cn1ccc(=O)c2c1-c1[nH+]ccc3c1c(nc1ccccc13)C2=O. The predicted octanol–water partition coefficient (Wildman–Crippen LogP) is 2.11. The lowest BCUT2D eigenvalue weighted by Crippen LogP contribution is -2.27. The van der Waals surface area contributed by atoms with E-state index in [1.54, 1.807) is 10.8 Å². The van der Waals surface area contributed by atoms with Crippen LogP contribution >= 0.6 is 0 Å².